The normalized spacial score (nSPS) is 13.0. The molecule has 0 aliphatic heterocycles. The summed E-state index contributed by atoms with van der Waals surface area (Å²) in [6, 6.07) is 15.4. The van der Waals surface area contributed by atoms with Crippen LogP contribution in [0.25, 0.3) is 0 Å². The maximum absolute atomic E-state index is 12.2. The summed E-state index contributed by atoms with van der Waals surface area (Å²) in [6.07, 6.45) is -0.562. The zero-order valence-corrected chi connectivity index (χ0v) is 14.7. The number of aryl methyl sites for hydroxylation is 2. The van der Waals surface area contributed by atoms with Crippen LogP contribution in [0.15, 0.2) is 48.5 Å². The first kappa shape index (κ1) is 17.9. The number of amides is 1. The van der Waals surface area contributed by atoms with Gasteiger partial charge in [-0.1, -0.05) is 30.3 Å². The fraction of sp³-hybridized carbons (Fsp3) is 0.350. The van der Waals surface area contributed by atoms with E-state index in [0.29, 0.717) is 12.4 Å². The van der Waals surface area contributed by atoms with Crippen LogP contribution in [0.4, 0.5) is 0 Å². The van der Waals surface area contributed by atoms with Crippen molar-refractivity contribution in [1.29, 1.82) is 0 Å². The monoisotopic (exact) mass is 327 g/mol. The highest BCUT2D eigenvalue weighted by atomic mass is 16.5. The van der Waals surface area contributed by atoms with Gasteiger partial charge in [0.2, 0.25) is 0 Å². The van der Waals surface area contributed by atoms with E-state index in [2.05, 4.69) is 5.32 Å². The lowest BCUT2D eigenvalue weighted by atomic mass is 10.2. The van der Waals surface area contributed by atoms with Gasteiger partial charge in [0.15, 0.2) is 6.10 Å². The summed E-state index contributed by atoms with van der Waals surface area (Å²) in [5.74, 6) is 1.38. The van der Waals surface area contributed by atoms with Gasteiger partial charge in [-0.25, -0.2) is 0 Å². The zero-order valence-electron chi connectivity index (χ0n) is 14.7. The van der Waals surface area contributed by atoms with E-state index >= 15 is 0 Å². The zero-order chi connectivity index (χ0) is 17.5. The van der Waals surface area contributed by atoms with Crippen LogP contribution < -0.4 is 14.8 Å². The van der Waals surface area contributed by atoms with Crippen molar-refractivity contribution in [2.24, 2.45) is 0 Å². The van der Waals surface area contributed by atoms with Gasteiger partial charge in [0.25, 0.3) is 5.91 Å². The molecule has 4 heteroatoms. The van der Waals surface area contributed by atoms with Crippen molar-refractivity contribution < 1.29 is 14.3 Å². The lowest BCUT2D eigenvalue weighted by molar-refractivity contribution is -0.128. The quantitative estimate of drug-likeness (QED) is 0.844. The standard InChI is InChI=1S/C20H25NO3/c1-14-8-7-10-18(12-14)24-17(4)20(22)21-16(3)13-23-19-11-6-5-9-15(19)2/h5-12,16-17H,13H2,1-4H3,(H,21,22). The predicted molar refractivity (Wildman–Crippen MR) is 95.5 cm³/mol. The third kappa shape index (κ3) is 5.30. The van der Waals surface area contributed by atoms with E-state index in [9.17, 15) is 4.79 Å². The number of rotatable bonds is 7. The number of benzene rings is 2. The number of carbonyl (C=O) groups excluding carboxylic acids is 1. The van der Waals surface area contributed by atoms with E-state index in [1.165, 1.54) is 0 Å². The summed E-state index contributed by atoms with van der Waals surface area (Å²) in [4.78, 5) is 12.2. The molecule has 24 heavy (non-hydrogen) atoms. The summed E-state index contributed by atoms with van der Waals surface area (Å²) in [7, 11) is 0. The van der Waals surface area contributed by atoms with Crippen LogP contribution in [0.5, 0.6) is 11.5 Å². The summed E-state index contributed by atoms with van der Waals surface area (Å²) in [5.41, 5.74) is 2.17. The lowest BCUT2D eigenvalue weighted by Crippen LogP contribution is -2.43. The van der Waals surface area contributed by atoms with E-state index in [4.69, 9.17) is 9.47 Å². The summed E-state index contributed by atoms with van der Waals surface area (Å²) >= 11 is 0. The Morgan fingerprint density at radius 2 is 1.83 bits per heavy atom. The fourth-order valence-corrected chi connectivity index (χ4v) is 2.28. The Balaban J connectivity index is 1.81. The molecule has 2 aromatic carbocycles. The van der Waals surface area contributed by atoms with Crippen molar-refractivity contribution in [3.63, 3.8) is 0 Å². The smallest absolute Gasteiger partial charge is 0.261 e. The molecule has 0 heterocycles. The topological polar surface area (TPSA) is 47.6 Å². The average Bonchev–Trinajstić information content (AvgIpc) is 2.54. The molecule has 2 atom stereocenters. The van der Waals surface area contributed by atoms with Gasteiger partial charge in [-0.2, -0.15) is 0 Å². The molecule has 0 saturated carbocycles. The van der Waals surface area contributed by atoms with Crippen LogP contribution in [0.2, 0.25) is 0 Å². The largest absolute Gasteiger partial charge is 0.491 e. The molecule has 0 bridgehead atoms. The fourth-order valence-electron chi connectivity index (χ4n) is 2.28. The molecule has 0 spiro atoms. The Kier molecular flexibility index (Phi) is 6.24. The van der Waals surface area contributed by atoms with Gasteiger partial charge in [0, 0.05) is 0 Å². The number of para-hydroxylation sites is 1. The van der Waals surface area contributed by atoms with Crippen LogP contribution in [0.1, 0.15) is 25.0 Å². The van der Waals surface area contributed by atoms with Crippen LogP contribution in [-0.2, 0) is 4.79 Å². The molecular weight excluding hydrogens is 302 g/mol. The Morgan fingerprint density at radius 3 is 2.54 bits per heavy atom. The first-order valence-electron chi connectivity index (χ1n) is 8.18. The molecule has 2 unspecified atom stereocenters. The van der Waals surface area contributed by atoms with Gasteiger partial charge >= 0.3 is 0 Å². The first-order valence-corrected chi connectivity index (χ1v) is 8.18. The van der Waals surface area contributed by atoms with Gasteiger partial charge in [-0.15, -0.1) is 0 Å². The van der Waals surface area contributed by atoms with Crippen LogP contribution >= 0.6 is 0 Å². The number of hydrogen-bond donors (Lipinski definition) is 1. The molecular formula is C20H25NO3. The minimum absolute atomic E-state index is 0.110. The Labute approximate surface area is 143 Å². The first-order chi connectivity index (χ1) is 11.5. The van der Waals surface area contributed by atoms with E-state index < -0.39 is 6.10 Å². The molecule has 1 N–H and O–H groups in total. The molecule has 0 aliphatic rings. The average molecular weight is 327 g/mol. The molecule has 0 saturated heterocycles. The second-order valence-electron chi connectivity index (χ2n) is 6.06. The highest BCUT2D eigenvalue weighted by molar-refractivity contribution is 5.81. The molecule has 4 nitrogen and oxygen atoms in total. The SMILES string of the molecule is Cc1cccc(OC(C)C(=O)NC(C)COc2ccccc2C)c1. The highest BCUT2D eigenvalue weighted by Gasteiger charge is 2.17. The minimum atomic E-state index is -0.562. The second-order valence-corrected chi connectivity index (χ2v) is 6.06. The number of hydrogen-bond acceptors (Lipinski definition) is 3. The number of carbonyl (C=O) groups is 1. The van der Waals surface area contributed by atoms with E-state index in [1.807, 2.05) is 69.3 Å². The van der Waals surface area contributed by atoms with Crippen molar-refractivity contribution in [3.05, 3.63) is 59.7 Å². The van der Waals surface area contributed by atoms with Crippen molar-refractivity contribution >= 4 is 5.91 Å². The van der Waals surface area contributed by atoms with Crippen LogP contribution in [0, 0.1) is 13.8 Å². The Bertz CT molecular complexity index is 684. The molecule has 0 fully saturated rings. The highest BCUT2D eigenvalue weighted by Crippen LogP contribution is 2.16. The van der Waals surface area contributed by atoms with Crippen molar-refractivity contribution in [1.82, 2.24) is 5.32 Å². The minimum Gasteiger partial charge on any atom is -0.491 e. The molecule has 128 valence electrons. The number of nitrogens with one attached hydrogen (secondary N) is 1. The molecule has 2 aromatic rings. The second kappa shape index (κ2) is 8.39. The van der Waals surface area contributed by atoms with E-state index in [1.54, 1.807) is 6.92 Å². The summed E-state index contributed by atoms with van der Waals surface area (Å²) in [6.45, 7) is 8.05. The predicted octanol–water partition coefficient (Wildman–Crippen LogP) is 3.65. The van der Waals surface area contributed by atoms with Gasteiger partial charge in [-0.05, 0) is 57.0 Å². The summed E-state index contributed by atoms with van der Waals surface area (Å²) < 4.78 is 11.4. The van der Waals surface area contributed by atoms with Gasteiger partial charge < -0.3 is 14.8 Å². The van der Waals surface area contributed by atoms with Gasteiger partial charge in [-0.3, -0.25) is 4.79 Å². The van der Waals surface area contributed by atoms with Crippen molar-refractivity contribution in [3.8, 4) is 11.5 Å². The molecule has 1 amide bonds. The lowest BCUT2D eigenvalue weighted by Gasteiger charge is -2.19. The van der Waals surface area contributed by atoms with Crippen LogP contribution in [-0.4, -0.2) is 24.7 Å². The van der Waals surface area contributed by atoms with Gasteiger partial charge in [0.05, 0.1) is 6.04 Å². The third-order valence-corrected chi connectivity index (χ3v) is 3.64. The summed E-state index contributed by atoms with van der Waals surface area (Å²) in [5, 5.41) is 2.92. The van der Waals surface area contributed by atoms with Gasteiger partial charge in [0.1, 0.15) is 18.1 Å². The molecule has 0 aliphatic carbocycles. The third-order valence-electron chi connectivity index (χ3n) is 3.64. The molecule has 0 radical (unpaired) electrons. The molecule has 2 rings (SSSR count). The van der Waals surface area contributed by atoms with Crippen molar-refractivity contribution in [2.45, 2.75) is 39.8 Å². The van der Waals surface area contributed by atoms with E-state index in [-0.39, 0.29) is 11.9 Å². The Morgan fingerprint density at radius 1 is 1.08 bits per heavy atom. The maximum atomic E-state index is 12.2. The van der Waals surface area contributed by atoms with E-state index in [0.717, 1.165) is 16.9 Å². The molecule has 0 aromatic heterocycles. The maximum Gasteiger partial charge on any atom is 0.261 e. The van der Waals surface area contributed by atoms with Crippen LogP contribution in [0.3, 0.4) is 0 Å². The Hall–Kier alpha value is -2.49. The number of ether oxygens (including phenoxy) is 2. The van der Waals surface area contributed by atoms with Crippen molar-refractivity contribution in [2.75, 3.05) is 6.61 Å².